The quantitative estimate of drug-likeness (QED) is 0.434. The molecule has 4 rings (SSSR count). The summed E-state index contributed by atoms with van der Waals surface area (Å²) in [5.41, 5.74) is 4.65. The molecule has 1 aromatic carbocycles. The van der Waals surface area contributed by atoms with Gasteiger partial charge in [0.15, 0.2) is 0 Å². The summed E-state index contributed by atoms with van der Waals surface area (Å²) in [6.07, 6.45) is 17.8. The Morgan fingerprint density at radius 3 is 1.18 bits per heavy atom. The summed E-state index contributed by atoms with van der Waals surface area (Å²) in [5, 5.41) is 4.52. The lowest BCUT2D eigenvalue weighted by Gasteiger charge is -2.35. The van der Waals surface area contributed by atoms with Crippen molar-refractivity contribution in [3.05, 3.63) is 115 Å². The lowest BCUT2D eigenvalue weighted by molar-refractivity contribution is 0.552. The van der Waals surface area contributed by atoms with Crippen molar-refractivity contribution in [1.29, 1.82) is 0 Å². The molecule has 2 fully saturated rings. The molecule has 2 saturated carbocycles. The molecule has 0 N–H and O–H groups in total. The molecular formula is C32H39P. The Morgan fingerprint density at radius 2 is 0.879 bits per heavy atom. The van der Waals surface area contributed by atoms with Crippen molar-refractivity contribution in [3.8, 4) is 5.30 Å². The van der Waals surface area contributed by atoms with Crippen molar-refractivity contribution in [2.75, 3.05) is 0 Å². The van der Waals surface area contributed by atoms with Gasteiger partial charge >= 0.3 is 0 Å². The molecule has 0 atom stereocenters. The molecule has 2 aliphatic carbocycles. The zero-order valence-electron chi connectivity index (χ0n) is 21.9. The van der Waals surface area contributed by atoms with Crippen molar-refractivity contribution in [2.24, 2.45) is 0 Å². The minimum atomic E-state index is -0.664. The third-order valence-corrected chi connectivity index (χ3v) is 9.32. The number of rotatable bonds is 3. The van der Waals surface area contributed by atoms with Crippen LogP contribution < -0.4 is 0 Å². The second kappa shape index (κ2) is 8.90. The third-order valence-electron chi connectivity index (χ3n) is 6.61. The molecule has 1 heteroatoms. The highest BCUT2D eigenvalue weighted by Gasteiger charge is 2.35. The number of hydrogen-bond donors (Lipinski definition) is 0. The maximum atomic E-state index is 2.52. The zero-order valence-corrected chi connectivity index (χ0v) is 22.8. The second-order valence-corrected chi connectivity index (χ2v) is 14.5. The van der Waals surface area contributed by atoms with Gasteiger partial charge < -0.3 is 0 Å². The van der Waals surface area contributed by atoms with Gasteiger partial charge in [-0.15, -0.1) is 0 Å². The van der Waals surface area contributed by atoms with Crippen LogP contribution in [0.2, 0.25) is 0 Å². The highest BCUT2D eigenvalue weighted by Crippen LogP contribution is 2.61. The predicted octanol–water partition coefficient (Wildman–Crippen LogP) is 9.06. The van der Waals surface area contributed by atoms with Gasteiger partial charge in [-0.05, 0) is 94.9 Å². The zero-order chi connectivity index (χ0) is 24.2. The van der Waals surface area contributed by atoms with Crippen molar-refractivity contribution in [2.45, 2.75) is 78.6 Å². The summed E-state index contributed by atoms with van der Waals surface area (Å²) in [4.78, 5) is 0. The van der Waals surface area contributed by atoms with Gasteiger partial charge in [-0.1, -0.05) is 94.1 Å². The van der Waals surface area contributed by atoms with Gasteiger partial charge in [-0.3, -0.25) is 0 Å². The molecule has 0 amide bonds. The van der Waals surface area contributed by atoms with E-state index >= 15 is 0 Å². The summed E-state index contributed by atoms with van der Waals surface area (Å²) in [5.74, 6) is 2.72. The van der Waals surface area contributed by atoms with E-state index < -0.39 is 7.53 Å². The Labute approximate surface area is 206 Å². The minimum Gasteiger partial charge on any atom is -0.0850 e. The first-order chi connectivity index (χ1) is 15.3. The molecule has 0 saturated heterocycles. The first-order valence-corrected chi connectivity index (χ1v) is 13.5. The number of hydrogen-bond acceptors (Lipinski definition) is 0. The highest BCUT2D eigenvalue weighted by atomic mass is 31.1. The second-order valence-electron chi connectivity index (χ2n) is 12.5. The fraction of sp³-hybridized carbons (Fsp3) is 0.375. The summed E-state index contributed by atoms with van der Waals surface area (Å²) >= 11 is 0. The van der Waals surface area contributed by atoms with Crippen LogP contribution in [0.3, 0.4) is 0 Å². The van der Waals surface area contributed by atoms with Crippen molar-refractivity contribution in [1.82, 2.24) is 0 Å². The fourth-order valence-electron chi connectivity index (χ4n) is 4.67. The lowest BCUT2D eigenvalue weighted by Crippen LogP contribution is -2.22. The van der Waals surface area contributed by atoms with Gasteiger partial charge in [0, 0.05) is 17.1 Å². The van der Waals surface area contributed by atoms with Crippen LogP contribution in [0.15, 0.2) is 24.3 Å². The van der Waals surface area contributed by atoms with Gasteiger partial charge in [0.05, 0.1) is 0 Å². The van der Waals surface area contributed by atoms with E-state index in [1.807, 2.05) is 0 Å². The Morgan fingerprint density at radius 1 is 0.515 bits per heavy atom. The molecule has 2 aliphatic rings. The minimum absolute atomic E-state index is 0.0514. The topological polar surface area (TPSA) is 0 Å². The van der Waals surface area contributed by atoms with Crippen LogP contribution in [0.5, 0.6) is 0 Å². The molecule has 0 unspecified atom stereocenters. The Kier molecular flexibility index (Phi) is 6.77. The van der Waals surface area contributed by atoms with E-state index in [0.29, 0.717) is 0 Å². The molecule has 0 bridgehead atoms. The van der Waals surface area contributed by atoms with Gasteiger partial charge in [0.2, 0.25) is 0 Å². The van der Waals surface area contributed by atoms with Crippen LogP contribution >= 0.6 is 7.53 Å². The first-order valence-electron chi connectivity index (χ1n) is 12.1. The van der Waals surface area contributed by atoms with Gasteiger partial charge in [0.25, 0.3) is 0 Å². The van der Waals surface area contributed by atoms with Crippen LogP contribution in [-0.2, 0) is 16.2 Å². The molecule has 33 heavy (non-hydrogen) atoms. The summed E-state index contributed by atoms with van der Waals surface area (Å²) in [6, 6.07) is 9.83. The van der Waals surface area contributed by atoms with E-state index in [-0.39, 0.29) is 16.2 Å². The highest BCUT2D eigenvalue weighted by molar-refractivity contribution is 7.59. The van der Waals surface area contributed by atoms with E-state index in [1.165, 1.54) is 39.1 Å². The summed E-state index contributed by atoms with van der Waals surface area (Å²) in [6.45, 7) is 21.3. The standard InChI is InChI=1S/C32H39P/c1-30(2,3)24-20-25(31(4,5)6)29(26(21-24)32(7,8)9)33-27(22-14-10-11-15-22)18-19-28(33)23-16-12-13-17-23/h10-21H,1-9H3. The molecule has 1 aromatic heterocycles. The van der Waals surface area contributed by atoms with Crippen LogP contribution in [-0.4, -0.2) is 0 Å². The predicted molar refractivity (Wildman–Crippen MR) is 146 cm³/mol. The summed E-state index contributed by atoms with van der Waals surface area (Å²) < 4.78 is 0. The van der Waals surface area contributed by atoms with Crippen LogP contribution in [0, 0.1) is 63.2 Å². The van der Waals surface area contributed by atoms with E-state index in [1.54, 1.807) is 5.30 Å². The smallest absolute Gasteiger partial charge is 0.0168 e. The first kappa shape index (κ1) is 25.1. The van der Waals surface area contributed by atoms with Gasteiger partial charge in [-0.2, -0.15) is 0 Å². The van der Waals surface area contributed by atoms with Crippen molar-refractivity contribution in [3.63, 3.8) is 0 Å². The third kappa shape index (κ3) is 5.03. The Balaban J connectivity index is 2.08. The van der Waals surface area contributed by atoms with E-state index in [9.17, 15) is 0 Å². The van der Waals surface area contributed by atoms with Crippen molar-refractivity contribution < 1.29 is 0 Å². The van der Waals surface area contributed by atoms with Gasteiger partial charge in [0.1, 0.15) is 0 Å². The molecule has 172 valence electrons. The van der Waals surface area contributed by atoms with E-state index in [0.717, 1.165) is 0 Å². The average molecular weight is 455 g/mol. The maximum Gasteiger partial charge on any atom is 0.0168 e. The molecule has 0 spiro atoms. The normalized spacial score (nSPS) is 19.1. The van der Waals surface area contributed by atoms with Crippen LogP contribution in [0.25, 0.3) is 5.30 Å². The fourth-order valence-corrected chi connectivity index (χ4v) is 7.95. The average Bonchev–Trinajstić information content (AvgIpc) is 3.44. The molecular weight excluding hydrogens is 415 g/mol. The Bertz CT molecular complexity index is 902. The lowest BCUT2D eigenvalue weighted by atomic mass is 9.75. The molecule has 0 nitrogen and oxygen atoms in total. The molecule has 1 heterocycles. The molecule has 0 aliphatic heterocycles. The maximum absolute atomic E-state index is 2.52. The number of benzene rings is 1. The van der Waals surface area contributed by atoms with Crippen LogP contribution in [0.4, 0.5) is 0 Å². The van der Waals surface area contributed by atoms with Gasteiger partial charge in [-0.25, -0.2) is 0 Å². The SMILES string of the molecule is CC(C)(C)c1cc(C(C)(C)C)c(-p2c([C]3[CH][CH][CH][CH]3)ccc2[C]2[CH][CH][CH][CH]2)c(C(C)(C)C)c1. The van der Waals surface area contributed by atoms with E-state index in [2.05, 4.69) is 138 Å². The summed E-state index contributed by atoms with van der Waals surface area (Å²) in [7, 11) is -0.664. The largest absolute Gasteiger partial charge is 0.0850 e. The monoisotopic (exact) mass is 454 g/mol. The van der Waals surface area contributed by atoms with Crippen LogP contribution in [0.1, 0.15) is 89.6 Å². The van der Waals surface area contributed by atoms with Crippen molar-refractivity contribution >= 4 is 7.53 Å². The Hall–Kier alpha value is -1.00. The van der Waals surface area contributed by atoms with E-state index in [4.69, 9.17) is 0 Å². The molecule has 2 aromatic rings. The molecule has 10 radical (unpaired) electrons.